The number of aliphatic hydroxyl groups excluding tert-OH is 3. The van der Waals surface area contributed by atoms with Crippen LogP contribution in [0.15, 0.2) is 139 Å². The molecular weight excluding hydrogens is 1490 g/mol. The fraction of sp³-hybridized carbons (Fsp3) is 0.408. The van der Waals surface area contributed by atoms with Gasteiger partial charge in [0.25, 0.3) is 16.7 Å². The Labute approximate surface area is 650 Å². The van der Waals surface area contributed by atoms with Crippen molar-refractivity contribution in [2.45, 2.75) is 173 Å². The number of ether oxygens (including phenoxy) is 3. The molecule has 9 aromatic heterocycles. The van der Waals surface area contributed by atoms with Crippen LogP contribution >= 0.6 is 34.0 Å². The SMILES string of the molecule is C.C.CC(C)N.COc1ccccc1[C@@H](O)Cn1c(=O)n(C(C)C(=O)CC(C)C)c(=O)c2c(C)c(-n3nccn3)sc21.COc1ccccc1[C@@H](O)Cn1c(=O)n(C(C)C(=O)O)c(=O)c2c(C)c(-n3nccn3)sc21.COc1ccccc1[C@@H](O)Cn1c(=O)n([C@H](C)C(=O)CC(C)C)c(=O)c2c(C)c(-n3nccn3)sc21. The molecule has 9 heterocycles. The maximum absolute atomic E-state index is 13.8. The number of Topliss-reactive ketones (excluding diaryl/α,β-unsaturated/α-hetero) is 2. The molecule has 0 saturated carbocycles. The summed E-state index contributed by atoms with van der Waals surface area (Å²) in [5, 5.41) is 70.1. The van der Waals surface area contributed by atoms with Crippen molar-refractivity contribution in [1.29, 1.82) is 0 Å². The third kappa shape index (κ3) is 18.4. The van der Waals surface area contributed by atoms with Crippen molar-refractivity contribution in [3.05, 3.63) is 206 Å². The topological polar surface area (TPSA) is 410 Å². The lowest BCUT2D eigenvalue weighted by Crippen LogP contribution is -2.44. The molecule has 0 bridgehead atoms. The second kappa shape index (κ2) is 37.6. The number of nitrogens with two attached hydrogens (primary N) is 1. The average molecular weight is 1590 g/mol. The Kier molecular flexibility index (Phi) is 29.6. The lowest BCUT2D eigenvalue weighted by Gasteiger charge is -2.20. The van der Waals surface area contributed by atoms with Crippen LogP contribution in [-0.4, -0.2) is 138 Å². The Morgan fingerprint density at radius 1 is 0.423 bits per heavy atom. The summed E-state index contributed by atoms with van der Waals surface area (Å²) < 4.78 is 22.7. The third-order valence-electron chi connectivity index (χ3n) is 17.7. The molecule has 0 radical (unpaired) electrons. The maximum Gasteiger partial charge on any atom is 0.333 e. The molecule has 0 aliphatic rings. The number of hydrogen-bond acceptors (Lipinski definition) is 25. The maximum atomic E-state index is 13.8. The summed E-state index contributed by atoms with van der Waals surface area (Å²) in [6.45, 7) is 20.6. The number of rotatable bonds is 25. The van der Waals surface area contributed by atoms with E-state index in [1.165, 1.54) is 116 Å². The molecular formula is C76H96N16O16S3. The number of para-hydroxylation sites is 3. The highest BCUT2D eigenvalue weighted by atomic mass is 32.1. The normalized spacial score (nSPS) is 12.9. The highest BCUT2D eigenvalue weighted by Crippen LogP contribution is 2.37. The molecule has 2 unspecified atom stereocenters. The summed E-state index contributed by atoms with van der Waals surface area (Å²) in [6.07, 6.45) is 6.13. The highest BCUT2D eigenvalue weighted by Gasteiger charge is 2.33. The monoisotopic (exact) mass is 1580 g/mol. The van der Waals surface area contributed by atoms with Gasteiger partial charge in [-0.25, -0.2) is 32.9 Å². The van der Waals surface area contributed by atoms with Crippen molar-refractivity contribution in [1.82, 2.24) is 72.4 Å². The van der Waals surface area contributed by atoms with E-state index in [4.69, 9.17) is 19.9 Å². The van der Waals surface area contributed by atoms with Crippen LogP contribution in [0.5, 0.6) is 17.2 Å². The van der Waals surface area contributed by atoms with E-state index in [0.29, 0.717) is 96.7 Å². The quantitative estimate of drug-likeness (QED) is 0.0356. The molecule has 0 saturated heterocycles. The minimum absolute atomic E-state index is 0. The molecule has 6 N–H and O–H groups in total. The van der Waals surface area contributed by atoms with E-state index in [0.717, 1.165) is 20.5 Å². The number of ketones is 2. The van der Waals surface area contributed by atoms with Gasteiger partial charge >= 0.3 is 23.0 Å². The van der Waals surface area contributed by atoms with Crippen LogP contribution in [0.1, 0.15) is 160 Å². The number of aryl methyl sites for hydroxylation is 3. The number of carbonyl (C=O) groups excluding carboxylic acids is 2. The Hall–Kier alpha value is -11.0. The summed E-state index contributed by atoms with van der Waals surface area (Å²) in [6, 6.07) is 17.8. The minimum atomic E-state index is -1.41. The zero-order chi connectivity index (χ0) is 79.7. The Morgan fingerprint density at radius 2 is 0.658 bits per heavy atom. The minimum Gasteiger partial charge on any atom is -0.496 e. The molecule has 6 atom stereocenters. The van der Waals surface area contributed by atoms with Gasteiger partial charge < -0.3 is 40.4 Å². The van der Waals surface area contributed by atoms with Gasteiger partial charge in [0.2, 0.25) is 0 Å². The number of fused-ring (bicyclic) bond motifs is 3. The number of aliphatic hydroxyl groups is 3. The van der Waals surface area contributed by atoms with Crippen LogP contribution in [0.25, 0.3) is 45.7 Å². The zero-order valence-corrected chi connectivity index (χ0v) is 65.3. The first kappa shape index (κ1) is 87.3. The number of aliphatic carboxylic acids is 1. The number of benzene rings is 3. The summed E-state index contributed by atoms with van der Waals surface area (Å²) in [7, 11) is 4.48. The molecule has 594 valence electrons. The first-order valence-corrected chi connectivity index (χ1v) is 37.2. The molecule has 0 aliphatic carbocycles. The molecule has 12 rings (SSSR count). The lowest BCUT2D eigenvalue weighted by molar-refractivity contribution is -0.140. The van der Waals surface area contributed by atoms with Crippen LogP contribution in [0.4, 0.5) is 0 Å². The number of carboxylic acids is 1. The van der Waals surface area contributed by atoms with Gasteiger partial charge in [0.05, 0.1) is 106 Å². The van der Waals surface area contributed by atoms with Crippen LogP contribution in [0, 0.1) is 32.6 Å². The van der Waals surface area contributed by atoms with Gasteiger partial charge in [0.15, 0.2) is 11.6 Å². The molecule has 0 amide bonds. The number of methoxy groups -OCH3 is 3. The van der Waals surface area contributed by atoms with E-state index in [2.05, 4.69) is 30.6 Å². The Morgan fingerprint density at radius 3 is 0.883 bits per heavy atom. The molecule has 35 heteroatoms. The Balaban J connectivity index is 0.000000224. The van der Waals surface area contributed by atoms with Gasteiger partial charge in [-0.05, 0) is 77.6 Å². The molecule has 0 spiro atoms. The van der Waals surface area contributed by atoms with Gasteiger partial charge in [0, 0.05) is 46.2 Å². The van der Waals surface area contributed by atoms with Crippen LogP contribution < -0.4 is 53.7 Å². The molecule has 111 heavy (non-hydrogen) atoms. The van der Waals surface area contributed by atoms with Gasteiger partial charge in [-0.3, -0.25) is 37.7 Å². The summed E-state index contributed by atoms with van der Waals surface area (Å²) in [5.41, 5.74) is 4.28. The number of thiophene rings is 3. The number of nitrogens with zero attached hydrogens (tertiary/aromatic N) is 15. The van der Waals surface area contributed by atoms with E-state index >= 15 is 0 Å². The summed E-state index contributed by atoms with van der Waals surface area (Å²) >= 11 is 3.48. The van der Waals surface area contributed by atoms with Crippen molar-refractivity contribution in [3.8, 4) is 32.3 Å². The predicted molar refractivity (Wildman–Crippen MR) is 427 cm³/mol. The fourth-order valence-electron chi connectivity index (χ4n) is 12.3. The highest BCUT2D eigenvalue weighted by molar-refractivity contribution is 7.22. The first-order chi connectivity index (χ1) is 51.8. The average Bonchev–Trinajstić information content (AvgIpc) is 1.67. The van der Waals surface area contributed by atoms with Gasteiger partial charge in [0.1, 0.15) is 71.1 Å². The standard InChI is InChI=1S/2C25H29N5O5S.C21H21N5O6S.C3H9N.2CH4/c2*1-14(2)12-18(31)16(4)29-22(33)21-15(3)23(30-26-10-11-27-30)36-24(21)28(25(29)34)13-19(32)17-8-6-7-9-20(17)35-5;1-11-16-17(28)25(12(2)20(29)30)21(31)24(19(16)33-18(11)26-22-8-9-23-26)10-14(27)13-6-4-5-7-15(13)32-3;1-3(2)4;;/h2*6-11,14,16,19,32H,12-13H2,1-5H3;4-9,12,14,27H,10H2,1-3H3,(H,29,30);3H,4H2,1-2H3;2*1H4/t16?,19-;16-,19+;12?,14-;;;/m010.../s1. The summed E-state index contributed by atoms with van der Waals surface area (Å²) in [5.74, 6) is -0.190. The predicted octanol–water partition coefficient (Wildman–Crippen LogP) is 9.19. The lowest BCUT2D eigenvalue weighted by atomic mass is 10.0. The van der Waals surface area contributed by atoms with Gasteiger partial charge in [-0.1, -0.05) is 145 Å². The van der Waals surface area contributed by atoms with Gasteiger partial charge in [-0.2, -0.15) is 30.6 Å². The van der Waals surface area contributed by atoms with Crippen molar-refractivity contribution >= 4 is 82.2 Å². The van der Waals surface area contributed by atoms with Crippen molar-refractivity contribution in [3.63, 3.8) is 0 Å². The summed E-state index contributed by atoms with van der Waals surface area (Å²) in [4.78, 5) is 124. The van der Waals surface area contributed by atoms with Crippen LogP contribution in [0.3, 0.4) is 0 Å². The third-order valence-corrected chi connectivity index (χ3v) is 21.5. The smallest absolute Gasteiger partial charge is 0.333 e. The van der Waals surface area contributed by atoms with E-state index in [9.17, 15) is 63.6 Å². The van der Waals surface area contributed by atoms with E-state index in [1.807, 2.05) is 41.5 Å². The zero-order valence-electron chi connectivity index (χ0n) is 62.8. The van der Waals surface area contributed by atoms with Crippen LogP contribution in [-0.2, 0) is 34.0 Å². The largest absolute Gasteiger partial charge is 0.496 e. The molecule has 32 nitrogen and oxygen atoms in total. The molecule has 3 aromatic carbocycles. The molecule has 12 aromatic rings. The number of hydrogen-bond donors (Lipinski definition) is 5. The van der Waals surface area contributed by atoms with E-state index in [-0.39, 0.29) is 80.9 Å². The van der Waals surface area contributed by atoms with E-state index in [1.54, 1.807) is 107 Å². The molecule has 0 aliphatic heterocycles. The van der Waals surface area contributed by atoms with Crippen molar-refractivity contribution < 1.29 is 49.0 Å². The number of carboxylic acid groups (broad SMARTS) is 1. The Bertz CT molecular complexity index is 5400. The van der Waals surface area contributed by atoms with Crippen LogP contribution in [0.2, 0.25) is 0 Å². The van der Waals surface area contributed by atoms with Crippen molar-refractivity contribution in [2.24, 2.45) is 17.6 Å². The second-order valence-corrected chi connectivity index (χ2v) is 29.7. The van der Waals surface area contributed by atoms with Gasteiger partial charge in [-0.15, -0.1) is 14.4 Å². The number of carbonyl (C=O) groups is 3. The number of aromatic nitrogens is 15. The first-order valence-electron chi connectivity index (χ1n) is 34.7. The van der Waals surface area contributed by atoms with Crippen molar-refractivity contribution in [2.75, 3.05) is 21.3 Å². The fourth-order valence-corrected chi connectivity index (χ4v) is 15.9. The molecule has 0 fully saturated rings. The van der Waals surface area contributed by atoms with E-state index < -0.39 is 76.2 Å². The second-order valence-electron chi connectivity index (χ2n) is 26.8.